The second-order valence-corrected chi connectivity index (χ2v) is 5.74. The van der Waals surface area contributed by atoms with Gasteiger partial charge in [0.05, 0.1) is 5.56 Å². The van der Waals surface area contributed by atoms with Crippen molar-refractivity contribution < 1.29 is 9.18 Å². The highest BCUT2D eigenvalue weighted by Gasteiger charge is 2.43. The van der Waals surface area contributed by atoms with Crippen LogP contribution in [0.5, 0.6) is 0 Å². The zero-order valence-electron chi connectivity index (χ0n) is 11.5. The zero-order chi connectivity index (χ0) is 15.7. The van der Waals surface area contributed by atoms with Gasteiger partial charge in [-0.15, -0.1) is 0 Å². The smallest absolute Gasteiger partial charge is 0.228 e. The number of benzene rings is 2. The van der Waals surface area contributed by atoms with Crippen molar-refractivity contribution in [3.05, 3.63) is 64.4 Å². The van der Waals surface area contributed by atoms with E-state index in [0.717, 1.165) is 12.0 Å². The molecule has 1 N–H and O–H groups in total. The van der Waals surface area contributed by atoms with Crippen LogP contribution in [0.1, 0.15) is 23.5 Å². The van der Waals surface area contributed by atoms with Crippen LogP contribution in [0.3, 0.4) is 0 Å². The monoisotopic (exact) mass is 314 g/mol. The highest BCUT2D eigenvalue weighted by atomic mass is 35.5. The van der Waals surface area contributed by atoms with Crippen LogP contribution < -0.4 is 5.32 Å². The molecule has 2 aromatic rings. The van der Waals surface area contributed by atoms with Crippen molar-refractivity contribution in [3.8, 4) is 6.07 Å². The molecule has 3 nitrogen and oxygen atoms in total. The van der Waals surface area contributed by atoms with Crippen LogP contribution in [-0.4, -0.2) is 5.91 Å². The molecule has 22 heavy (non-hydrogen) atoms. The van der Waals surface area contributed by atoms with Crippen molar-refractivity contribution in [2.45, 2.75) is 12.3 Å². The average molecular weight is 315 g/mol. The quantitative estimate of drug-likeness (QED) is 0.927. The van der Waals surface area contributed by atoms with E-state index < -0.39 is 5.82 Å². The van der Waals surface area contributed by atoms with Crippen molar-refractivity contribution in [3.63, 3.8) is 0 Å². The van der Waals surface area contributed by atoms with E-state index in [1.165, 1.54) is 18.2 Å². The molecule has 1 fully saturated rings. The van der Waals surface area contributed by atoms with Crippen LogP contribution in [0, 0.1) is 23.1 Å². The maximum atomic E-state index is 13.3. The third-order valence-electron chi connectivity index (χ3n) is 3.76. The Morgan fingerprint density at radius 1 is 1.32 bits per heavy atom. The Kier molecular flexibility index (Phi) is 3.82. The molecule has 1 amide bonds. The summed E-state index contributed by atoms with van der Waals surface area (Å²) in [5.41, 5.74) is 1.39. The summed E-state index contributed by atoms with van der Waals surface area (Å²) in [6.45, 7) is 0. The lowest BCUT2D eigenvalue weighted by Crippen LogP contribution is -2.14. The van der Waals surface area contributed by atoms with Crippen molar-refractivity contribution in [1.82, 2.24) is 0 Å². The number of amides is 1. The number of carbonyl (C=O) groups is 1. The molecule has 3 rings (SSSR count). The molecule has 1 aliphatic rings. The van der Waals surface area contributed by atoms with Gasteiger partial charge in [-0.25, -0.2) is 4.39 Å². The van der Waals surface area contributed by atoms with E-state index in [0.29, 0.717) is 10.7 Å². The third-order valence-corrected chi connectivity index (χ3v) is 3.99. The summed E-state index contributed by atoms with van der Waals surface area (Å²) in [7, 11) is 0. The molecule has 0 aliphatic heterocycles. The first-order valence-corrected chi connectivity index (χ1v) is 7.22. The largest absolute Gasteiger partial charge is 0.326 e. The molecular weight excluding hydrogens is 303 g/mol. The van der Waals surface area contributed by atoms with Crippen LogP contribution >= 0.6 is 11.6 Å². The van der Waals surface area contributed by atoms with Crippen LogP contribution in [0.2, 0.25) is 5.02 Å². The number of anilines is 1. The molecule has 0 radical (unpaired) electrons. The van der Waals surface area contributed by atoms with E-state index in [-0.39, 0.29) is 23.3 Å². The van der Waals surface area contributed by atoms with Gasteiger partial charge in [0.15, 0.2) is 0 Å². The molecule has 0 bridgehead atoms. The minimum atomic E-state index is -0.594. The lowest BCUT2D eigenvalue weighted by molar-refractivity contribution is -0.117. The van der Waals surface area contributed by atoms with E-state index in [4.69, 9.17) is 16.9 Å². The molecule has 2 aromatic carbocycles. The Labute approximate surface area is 132 Å². The molecule has 0 saturated heterocycles. The maximum absolute atomic E-state index is 13.3. The second kappa shape index (κ2) is 5.78. The van der Waals surface area contributed by atoms with Gasteiger partial charge in [0.1, 0.15) is 11.9 Å². The number of nitriles is 1. The Bertz CT molecular complexity index is 784. The van der Waals surface area contributed by atoms with E-state index in [1.54, 1.807) is 12.1 Å². The van der Waals surface area contributed by atoms with Crippen molar-refractivity contribution in [2.75, 3.05) is 5.32 Å². The predicted molar refractivity (Wildman–Crippen MR) is 82.0 cm³/mol. The molecule has 1 aliphatic carbocycles. The Balaban J connectivity index is 1.68. The highest BCUT2D eigenvalue weighted by molar-refractivity contribution is 6.30. The Morgan fingerprint density at radius 2 is 2.14 bits per heavy atom. The minimum absolute atomic E-state index is 0.0833. The molecule has 1 saturated carbocycles. The van der Waals surface area contributed by atoms with E-state index in [9.17, 15) is 9.18 Å². The fourth-order valence-corrected chi connectivity index (χ4v) is 2.71. The topological polar surface area (TPSA) is 52.9 Å². The summed E-state index contributed by atoms with van der Waals surface area (Å²) in [4.78, 5) is 12.2. The van der Waals surface area contributed by atoms with Crippen molar-refractivity contribution in [1.29, 1.82) is 5.26 Å². The van der Waals surface area contributed by atoms with Gasteiger partial charge in [-0.05, 0) is 48.2 Å². The summed E-state index contributed by atoms with van der Waals surface area (Å²) in [6, 6.07) is 13.2. The standard InChI is InChI=1S/C17H12ClFN2O/c18-12-3-1-2-10(6-12)14-8-15(14)17(22)21-13-4-5-16(19)11(7-13)9-20/h1-7,14-15H,8H2,(H,21,22). The lowest BCUT2D eigenvalue weighted by Gasteiger charge is -2.06. The summed E-state index contributed by atoms with van der Waals surface area (Å²) in [6.07, 6.45) is 0.762. The Morgan fingerprint density at radius 3 is 2.86 bits per heavy atom. The number of carbonyl (C=O) groups excluding carboxylic acids is 1. The fraction of sp³-hybridized carbons (Fsp3) is 0.176. The SMILES string of the molecule is N#Cc1cc(NC(=O)C2CC2c2cccc(Cl)c2)ccc1F. The Hall–Kier alpha value is -2.38. The molecule has 5 heteroatoms. The average Bonchev–Trinajstić information content (AvgIpc) is 3.30. The summed E-state index contributed by atoms with van der Waals surface area (Å²) in [5.74, 6) is -0.673. The van der Waals surface area contributed by atoms with E-state index in [1.807, 2.05) is 18.2 Å². The minimum Gasteiger partial charge on any atom is -0.326 e. The first-order chi connectivity index (χ1) is 10.6. The summed E-state index contributed by atoms with van der Waals surface area (Å²) >= 11 is 5.96. The number of nitrogens with zero attached hydrogens (tertiary/aromatic N) is 1. The van der Waals surface area contributed by atoms with Gasteiger partial charge in [0, 0.05) is 16.6 Å². The van der Waals surface area contributed by atoms with Crippen LogP contribution in [-0.2, 0) is 4.79 Å². The van der Waals surface area contributed by atoms with Gasteiger partial charge in [0.25, 0.3) is 0 Å². The van der Waals surface area contributed by atoms with Crippen LogP contribution in [0.15, 0.2) is 42.5 Å². The first kappa shape index (κ1) is 14.6. The van der Waals surface area contributed by atoms with Gasteiger partial charge < -0.3 is 5.32 Å². The number of hydrogen-bond acceptors (Lipinski definition) is 2. The van der Waals surface area contributed by atoms with Crippen LogP contribution in [0.25, 0.3) is 0 Å². The van der Waals surface area contributed by atoms with E-state index in [2.05, 4.69) is 5.32 Å². The van der Waals surface area contributed by atoms with Gasteiger partial charge in [-0.1, -0.05) is 23.7 Å². The van der Waals surface area contributed by atoms with Gasteiger partial charge >= 0.3 is 0 Å². The molecule has 2 unspecified atom stereocenters. The molecular formula is C17H12ClFN2O. The maximum Gasteiger partial charge on any atom is 0.228 e. The molecule has 0 spiro atoms. The van der Waals surface area contributed by atoms with Gasteiger partial charge in [-0.2, -0.15) is 5.26 Å². The molecule has 0 aromatic heterocycles. The van der Waals surface area contributed by atoms with Crippen LogP contribution in [0.4, 0.5) is 10.1 Å². The lowest BCUT2D eigenvalue weighted by atomic mass is 10.1. The third kappa shape index (κ3) is 2.95. The molecule has 110 valence electrons. The molecule has 2 atom stereocenters. The summed E-state index contributed by atoms with van der Waals surface area (Å²) in [5, 5.41) is 12.2. The number of nitrogens with one attached hydrogen (secondary N) is 1. The number of hydrogen-bond donors (Lipinski definition) is 1. The van der Waals surface area contributed by atoms with Gasteiger partial charge in [0.2, 0.25) is 5.91 Å². The second-order valence-electron chi connectivity index (χ2n) is 5.30. The number of rotatable bonds is 3. The normalized spacial score (nSPS) is 19.3. The predicted octanol–water partition coefficient (Wildman–Crippen LogP) is 4.09. The molecule has 0 heterocycles. The summed E-state index contributed by atoms with van der Waals surface area (Å²) < 4.78 is 13.3. The van der Waals surface area contributed by atoms with Crippen molar-refractivity contribution in [2.24, 2.45) is 5.92 Å². The zero-order valence-corrected chi connectivity index (χ0v) is 12.3. The number of halogens is 2. The fourth-order valence-electron chi connectivity index (χ4n) is 2.51. The first-order valence-electron chi connectivity index (χ1n) is 6.84. The van der Waals surface area contributed by atoms with E-state index >= 15 is 0 Å². The van der Waals surface area contributed by atoms with Crippen molar-refractivity contribution >= 4 is 23.2 Å². The van der Waals surface area contributed by atoms with Gasteiger partial charge in [-0.3, -0.25) is 4.79 Å². The highest BCUT2D eigenvalue weighted by Crippen LogP contribution is 2.48.